The van der Waals surface area contributed by atoms with Crippen LogP contribution in [0.15, 0.2) is 42.6 Å². The van der Waals surface area contributed by atoms with Gasteiger partial charge in [0.2, 0.25) is 5.91 Å². The molecule has 0 aliphatic heterocycles. The van der Waals surface area contributed by atoms with Crippen LogP contribution in [-0.4, -0.2) is 10.9 Å². The van der Waals surface area contributed by atoms with Gasteiger partial charge in [0.1, 0.15) is 5.82 Å². The molecule has 1 aromatic heterocycles. The summed E-state index contributed by atoms with van der Waals surface area (Å²) >= 11 is 0. The monoisotopic (exact) mass is 280 g/mol. The third-order valence-corrected chi connectivity index (χ3v) is 2.96. The van der Waals surface area contributed by atoms with Gasteiger partial charge in [-0.05, 0) is 36.8 Å². The van der Waals surface area contributed by atoms with Crippen molar-refractivity contribution in [3.63, 3.8) is 0 Å². The molecule has 2 aromatic rings. The largest absolute Gasteiger partial charge is 0.364 e. The van der Waals surface area contributed by atoms with E-state index in [1.54, 1.807) is 18.3 Å². The van der Waals surface area contributed by atoms with Gasteiger partial charge in [0.15, 0.2) is 0 Å². The number of amides is 1. The Morgan fingerprint density at radius 2 is 2.14 bits per heavy atom. The van der Waals surface area contributed by atoms with Crippen molar-refractivity contribution >= 4 is 17.4 Å². The van der Waals surface area contributed by atoms with Crippen molar-refractivity contribution in [2.24, 2.45) is 0 Å². The summed E-state index contributed by atoms with van der Waals surface area (Å²) in [4.78, 5) is 15.3. The number of benzene rings is 1. The standard InChI is InChI=1S/C16H16N4O/c1-11(19-16-8-13(10-17)6-7-18-16)14-4-3-5-15(9-14)20-12(2)21/h3-9,11H,1-2H3,(H,18,19)(H,20,21). The van der Waals surface area contributed by atoms with Crippen molar-refractivity contribution in [2.45, 2.75) is 19.9 Å². The van der Waals surface area contributed by atoms with Crippen LogP contribution in [0.25, 0.3) is 0 Å². The molecule has 0 radical (unpaired) electrons. The predicted octanol–water partition coefficient (Wildman–Crippen LogP) is 3.08. The highest BCUT2D eigenvalue weighted by Gasteiger charge is 2.07. The second-order valence-corrected chi connectivity index (χ2v) is 4.71. The minimum atomic E-state index is -0.101. The van der Waals surface area contributed by atoms with Gasteiger partial charge in [-0.2, -0.15) is 5.26 Å². The number of rotatable bonds is 4. The van der Waals surface area contributed by atoms with E-state index < -0.39 is 0 Å². The lowest BCUT2D eigenvalue weighted by Crippen LogP contribution is -2.10. The van der Waals surface area contributed by atoms with Gasteiger partial charge in [0.05, 0.1) is 17.7 Å². The Hall–Kier alpha value is -2.87. The molecule has 5 heteroatoms. The normalized spacial score (nSPS) is 11.3. The number of carbonyl (C=O) groups excluding carboxylic acids is 1. The molecule has 1 atom stereocenters. The SMILES string of the molecule is CC(=O)Nc1cccc(C(C)Nc2cc(C#N)ccn2)c1. The average Bonchev–Trinajstić information content (AvgIpc) is 2.47. The highest BCUT2D eigenvalue weighted by molar-refractivity contribution is 5.88. The molecule has 1 unspecified atom stereocenters. The van der Waals surface area contributed by atoms with Crippen LogP contribution < -0.4 is 10.6 Å². The summed E-state index contributed by atoms with van der Waals surface area (Å²) < 4.78 is 0. The predicted molar refractivity (Wildman–Crippen MR) is 81.7 cm³/mol. The highest BCUT2D eigenvalue weighted by Crippen LogP contribution is 2.21. The van der Waals surface area contributed by atoms with E-state index in [1.807, 2.05) is 31.2 Å². The van der Waals surface area contributed by atoms with Crippen LogP contribution >= 0.6 is 0 Å². The van der Waals surface area contributed by atoms with Crippen LogP contribution in [0.1, 0.15) is 31.0 Å². The average molecular weight is 280 g/mol. The molecule has 1 aromatic carbocycles. The Kier molecular flexibility index (Phi) is 4.52. The number of nitriles is 1. The van der Waals surface area contributed by atoms with E-state index in [4.69, 9.17) is 5.26 Å². The van der Waals surface area contributed by atoms with Crippen LogP contribution in [0.4, 0.5) is 11.5 Å². The quantitative estimate of drug-likeness (QED) is 0.902. The molecule has 5 nitrogen and oxygen atoms in total. The molecule has 0 spiro atoms. The minimum Gasteiger partial charge on any atom is -0.364 e. The maximum Gasteiger partial charge on any atom is 0.221 e. The number of nitrogens with one attached hydrogen (secondary N) is 2. The van der Waals surface area contributed by atoms with Gasteiger partial charge < -0.3 is 10.6 Å². The van der Waals surface area contributed by atoms with Crippen LogP contribution in [0, 0.1) is 11.3 Å². The third-order valence-electron chi connectivity index (χ3n) is 2.96. The number of hydrogen-bond donors (Lipinski definition) is 2. The molecule has 0 saturated carbocycles. The molecule has 0 aliphatic rings. The van der Waals surface area contributed by atoms with Crippen molar-refractivity contribution in [3.05, 3.63) is 53.7 Å². The zero-order valence-electron chi connectivity index (χ0n) is 11.9. The van der Waals surface area contributed by atoms with Crippen molar-refractivity contribution in [1.29, 1.82) is 5.26 Å². The summed E-state index contributed by atoms with van der Waals surface area (Å²) in [5, 5.41) is 14.9. The van der Waals surface area contributed by atoms with Gasteiger partial charge in [0, 0.05) is 18.8 Å². The van der Waals surface area contributed by atoms with E-state index in [0.29, 0.717) is 11.4 Å². The van der Waals surface area contributed by atoms with E-state index in [1.165, 1.54) is 6.92 Å². The molecule has 0 saturated heterocycles. The maximum atomic E-state index is 11.1. The van der Waals surface area contributed by atoms with Crippen LogP contribution in [0.5, 0.6) is 0 Å². The maximum absolute atomic E-state index is 11.1. The lowest BCUT2D eigenvalue weighted by molar-refractivity contribution is -0.114. The summed E-state index contributed by atoms with van der Waals surface area (Å²) in [5.74, 6) is 0.544. The van der Waals surface area contributed by atoms with Crippen molar-refractivity contribution in [1.82, 2.24) is 4.98 Å². The summed E-state index contributed by atoms with van der Waals surface area (Å²) in [6.07, 6.45) is 1.60. The van der Waals surface area contributed by atoms with E-state index in [9.17, 15) is 4.79 Å². The van der Waals surface area contributed by atoms with Crippen LogP contribution in [-0.2, 0) is 4.79 Å². The topological polar surface area (TPSA) is 77.8 Å². The van der Waals surface area contributed by atoms with Crippen molar-refractivity contribution < 1.29 is 4.79 Å². The van der Waals surface area contributed by atoms with E-state index in [2.05, 4.69) is 21.7 Å². The van der Waals surface area contributed by atoms with Gasteiger partial charge in [-0.25, -0.2) is 4.98 Å². The third kappa shape index (κ3) is 4.05. The van der Waals surface area contributed by atoms with Gasteiger partial charge in [-0.1, -0.05) is 12.1 Å². The molecule has 1 heterocycles. The van der Waals surface area contributed by atoms with E-state index in [-0.39, 0.29) is 11.9 Å². The zero-order chi connectivity index (χ0) is 15.2. The molecule has 106 valence electrons. The van der Waals surface area contributed by atoms with Gasteiger partial charge in [-0.3, -0.25) is 4.79 Å². The summed E-state index contributed by atoms with van der Waals surface area (Å²) in [6.45, 7) is 3.47. The molecular formula is C16H16N4O. The van der Waals surface area contributed by atoms with Crippen molar-refractivity contribution in [3.8, 4) is 6.07 Å². The number of nitrogens with zero attached hydrogens (tertiary/aromatic N) is 2. The number of carbonyl (C=O) groups is 1. The Balaban J connectivity index is 2.14. The van der Waals surface area contributed by atoms with E-state index >= 15 is 0 Å². The van der Waals surface area contributed by atoms with Crippen LogP contribution in [0.2, 0.25) is 0 Å². The lowest BCUT2D eigenvalue weighted by Gasteiger charge is -2.16. The zero-order valence-corrected chi connectivity index (χ0v) is 11.9. The first kappa shape index (κ1) is 14.5. The van der Waals surface area contributed by atoms with Crippen molar-refractivity contribution in [2.75, 3.05) is 10.6 Å². The number of hydrogen-bond acceptors (Lipinski definition) is 4. The minimum absolute atomic E-state index is 0.000140. The molecule has 1 amide bonds. The second kappa shape index (κ2) is 6.53. The van der Waals surface area contributed by atoms with Gasteiger partial charge in [0.25, 0.3) is 0 Å². The number of pyridine rings is 1. The summed E-state index contributed by atoms with van der Waals surface area (Å²) in [6, 6.07) is 13.1. The Labute approximate surface area is 123 Å². The number of anilines is 2. The summed E-state index contributed by atoms with van der Waals surface area (Å²) in [7, 11) is 0. The fourth-order valence-electron chi connectivity index (χ4n) is 1.97. The molecular weight excluding hydrogens is 264 g/mol. The lowest BCUT2D eigenvalue weighted by atomic mass is 10.1. The molecule has 2 N–H and O–H groups in total. The van der Waals surface area contributed by atoms with Gasteiger partial charge >= 0.3 is 0 Å². The molecule has 2 rings (SSSR count). The Morgan fingerprint density at radius 3 is 2.86 bits per heavy atom. The fourth-order valence-corrected chi connectivity index (χ4v) is 1.97. The van der Waals surface area contributed by atoms with E-state index in [0.717, 1.165) is 11.3 Å². The Bertz CT molecular complexity index is 691. The first-order valence-corrected chi connectivity index (χ1v) is 6.58. The van der Waals surface area contributed by atoms with Crippen LogP contribution in [0.3, 0.4) is 0 Å². The summed E-state index contributed by atoms with van der Waals surface area (Å²) in [5.41, 5.74) is 2.34. The Morgan fingerprint density at radius 1 is 1.33 bits per heavy atom. The first-order chi connectivity index (χ1) is 10.1. The highest BCUT2D eigenvalue weighted by atomic mass is 16.1. The molecule has 0 aliphatic carbocycles. The number of aromatic nitrogens is 1. The second-order valence-electron chi connectivity index (χ2n) is 4.71. The molecule has 21 heavy (non-hydrogen) atoms. The smallest absolute Gasteiger partial charge is 0.221 e. The first-order valence-electron chi connectivity index (χ1n) is 6.58. The molecule has 0 bridgehead atoms. The fraction of sp³-hybridized carbons (Fsp3) is 0.188. The molecule has 0 fully saturated rings. The van der Waals surface area contributed by atoms with Gasteiger partial charge in [-0.15, -0.1) is 0 Å².